The second kappa shape index (κ2) is 19.8. The molecule has 0 saturated carbocycles. The average Bonchev–Trinajstić information content (AvgIpc) is 2.77. The molecule has 6 nitrogen and oxygen atoms in total. The third-order valence-electron chi connectivity index (χ3n) is 4.44. The van der Waals surface area contributed by atoms with E-state index in [1.165, 1.54) is 25.7 Å². The van der Waals surface area contributed by atoms with Gasteiger partial charge >= 0.3 is 5.97 Å². The fraction of sp³-hybridized carbons (Fsp3) is 0.607. The second-order valence-corrected chi connectivity index (χ2v) is 9.02. The summed E-state index contributed by atoms with van der Waals surface area (Å²) >= 11 is 0. The van der Waals surface area contributed by atoms with E-state index >= 15 is 0 Å². The lowest BCUT2D eigenvalue weighted by atomic mass is 10.2. The number of allylic oxidation sites excluding steroid dienone is 8. The van der Waals surface area contributed by atoms with Crippen molar-refractivity contribution in [2.75, 3.05) is 13.5 Å². The van der Waals surface area contributed by atoms with Crippen LogP contribution in [-0.2, 0) is 14.3 Å². The van der Waals surface area contributed by atoms with Gasteiger partial charge in [0.25, 0.3) is 0 Å². The van der Waals surface area contributed by atoms with E-state index in [1.807, 2.05) is 12.2 Å². The van der Waals surface area contributed by atoms with Gasteiger partial charge in [0.05, 0.1) is 0 Å². The van der Waals surface area contributed by atoms with Crippen molar-refractivity contribution in [3.8, 4) is 0 Å². The van der Waals surface area contributed by atoms with Crippen molar-refractivity contribution in [3.63, 3.8) is 0 Å². The molecule has 0 fully saturated rings. The Morgan fingerprint density at radius 3 is 1.94 bits per heavy atom. The van der Waals surface area contributed by atoms with Crippen LogP contribution in [0.2, 0.25) is 0 Å². The number of ether oxygens (including phenoxy) is 1. The van der Waals surface area contributed by atoms with E-state index in [4.69, 9.17) is 14.6 Å². The van der Waals surface area contributed by atoms with E-state index in [0.717, 1.165) is 19.3 Å². The van der Waals surface area contributed by atoms with E-state index in [9.17, 15) is 9.59 Å². The van der Waals surface area contributed by atoms with Gasteiger partial charge in [0, 0.05) is 17.5 Å². The highest BCUT2D eigenvalue weighted by molar-refractivity contribution is 5.93. The van der Waals surface area contributed by atoms with Crippen LogP contribution in [0.15, 0.2) is 53.6 Å². The molecule has 0 aliphatic carbocycles. The molecule has 0 aromatic rings. The van der Waals surface area contributed by atoms with Crippen LogP contribution in [0.3, 0.4) is 0 Å². The molecule has 6 heteroatoms. The number of rotatable bonds is 16. The molecular weight excluding hydrogens is 426 g/mol. The number of hydrogen-bond donors (Lipinski definition) is 1. The number of carbonyl (C=O) groups excluding carboxylic acids is 2. The topological polar surface area (TPSA) is 85.0 Å². The fourth-order valence-corrected chi connectivity index (χ4v) is 2.76. The summed E-state index contributed by atoms with van der Waals surface area (Å²) in [6, 6.07) is 0. The fourth-order valence-electron chi connectivity index (χ4n) is 2.76. The highest BCUT2D eigenvalue weighted by Gasteiger charge is 2.18. The van der Waals surface area contributed by atoms with Crippen molar-refractivity contribution in [1.82, 2.24) is 4.90 Å². The molecule has 0 atom stereocenters. The van der Waals surface area contributed by atoms with Gasteiger partial charge in [-0.05, 0) is 65.7 Å². The minimum atomic E-state index is -2.73. The number of aliphatic imine (C=N–C) groups is 1. The lowest BCUT2D eigenvalue weighted by molar-refractivity contribution is -0.155. The Kier molecular flexibility index (Phi) is 15.1. The first-order valence-corrected chi connectivity index (χ1v) is 12.3. The first-order valence-electron chi connectivity index (χ1n) is 13.8. The maximum atomic E-state index is 12.1. The molecule has 0 unspecified atom stereocenters. The van der Waals surface area contributed by atoms with Gasteiger partial charge in [-0.3, -0.25) is 9.59 Å². The summed E-state index contributed by atoms with van der Waals surface area (Å²) in [5.74, 6) is -1.82. The lowest BCUT2D eigenvalue weighted by Crippen LogP contribution is -2.40. The van der Waals surface area contributed by atoms with Crippen LogP contribution in [-0.4, -0.2) is 41.9 Å². The van der Waals surface area contributed by atoms with Crippen LogP contribution in [0.25, 0.3) is 0 Å². The number of hydrogen-bond acceptors (Lipinski definition) is 3. The Balaban J connectivity index is 4.28. The van der Waals surface area contributed by atoms with Crippen LogP contribution in [0, 0.1) is 0 Å². The van der Waals surface area contributed by atoms with Crippen LogP contribution >= 0.6 is 0 Å². The van der Waals surface area contributed by atoms with E-state index in [2.05, 4.69) is 48.4 Å². The van der Waals surface area contributed by atoms with Crippen molar-refractivity contribution in [2.24, 2.45) is 10.7 Å². The maximum Gasteiger partial charge on any atom is 0.326 e. The van der Waals surface area contributed by atoms with Crippen molar-refractivity contribution in [3.05, 3.63) is 48.6 Å². The smallest absolute Gasteiger partial charge is 0.326 e. The van der Waals surface area contributed by atoms with Gasteiger partial charge in [0.2, 0.25) is 5.91 Å². The van der Waals surface area contributed by atoms with Crippen molar-refractivity contribution >= 4 is 17.8 Å². The molecule has 0 bridgehead atoms. The van der Waals surface area contributed by atoms with E-state index in [-0.39, 0.29) is 6.42 Å². The van der Waals surface area contributed by atoms with Crippen molar-refractivity contribution < 1.29 is 18.4 Å². The first-order chi connectivity index (χ1) is 17.4. The Morgan fingerprint density at radius 1 is 0.912 bits per heavy atom. The number of esters is 1. The SMILES string of the molecule is [2H]C([2H])([2H])N(CC(=O)OC(C)(C)C)C(N)=NC(=O)CCC/C=C\C/C=C\C/C=C\C/C=C\CCCCC. The molecule has 0 aliphatic rings. The highest BCUT2D eigenvalue weighted by atomic mass is 16.6. The van der Waals surface area contributed by atoms with Gasteiger partial charge in [0.1, 0.15) is 12.1 Å². The predicted molar refractivity (Wildman–Crippen MR) is 144 cm³/mol. The van der Waals surface area contributed by atoms with Crippen LogP contribution in [0.4, 0.5) is 0 Å². The van der Waals surface area contributed by atoms with Gasteiger partial charge in [-0.25, -0.2) is 0 Å². The van der Waals surface area contributed by atoms with E-state index in [0.29, 0.717) is 17.7 Å². The molecule has 192 valence electrons. The van der Waals surface area contributed by atoms with Gasteiger partial charge < -0.3 is 15.4 Å². The molecule has 0 heterocycles. The van der Waals surface area contributed by atoms with Gasteiger partial charge in [0.15, 0.2) is 5.96 Å². The van der Waals surface area contributed by atoms with Crippen LogP contribution < -0.4 is 5.73 Å². The second-order valence-electron chi connectivity index (χ2n) is 9.02. The summed E-state index contributed by atoms with van der Waals surface area (Å²) < 4.78 is 27.9. The number of amides is 1. The molecule has 0 aromatic heterocycles. The molecule has 0 aromatic carbocycles. The van der Waals surface area contributed by atoms with Crippen LogP contribution in [0.1, 0.15) is 96.0 Å². The number of nitrogens with two attached hydrogens (primary N) is 1. The van der Waals surface area contributed by atoms with Gasteiger partial charge in [-0.2, -0.15) is 4.99 Å². The summed E-state index contributed by atoms with van der Waals surface area (Å²) in [4.78, 5) is 28.4. The van der Waals surface area contributed by atoms with Crippen molar-refractivity contribution in [1.29, 1.82) is 0 Å². The third-order valence-corrected chi connectivity index (χ3v) is 4.44. The summed E-state index contributed by atoms with van der Waals surface area (Å²) in [5, 5.41) is 0. The number of guanidine groups is 1. The van der Waals surface area contributed by atoms with Gasteiger partial charge in [-0.1, -0.05) is 68.4 Å². The summed E-state index contributed by atoms with van der Waals surface area (Å²) in [5.41, 5.74) is 4.97. The van der Waals surface area contributed by atoms with Gasteiger partial charge in [-0.15, -0.1) is 0 Å². The molecule has 1 amide bonds. The number of unbranched alkanes of at least 4 members (excludes halogenated alkanes) is 4. The first kappa shape index (κ1) is 26.0. The average molecular weight is 477 g/mol. The number of carbonyl (C=O) groups is 2. The Labute approximate surface area is 211 Å². The molecule has 0 rings (SSSR count). The minimum Gasteiger partial charge on any atom is -0.459 e. The number of likely N-dealkylation sites (N-methyl/N-ethyl adjacent to an activating group) is 1. The molecule has 0 spiro atoms. The molecule has 0 radical (unpaired) electrons. The normalized spacial score (nSPS) is 14.7. The zero-order chi connectivity index (χ0) is 28.2. The van der Waals surface area contributed by atoms with E-state index in [1.54, 1.807) is 20.8 Å². The lowest BCUT2D eigenvalue weighted by Gasteiger charge is -2.22. The largest absolute Gasteiger partial charge is 0.459 e. The maximum absolute atomic E-state index is 12.1. The molecule has 2 N–H and O–H groups in total. The number of nitrogens with zero attached hydrogens (tertiary/aromatic N) is 2. The quantitative estimate of drug-likeness (QED) is 0.0936. The van der Waals surface area contributed by atoms with Crippen LogP contribution in [0.5, 0.6) is 0 Å². The van der Waals surface area contributed by atoms with E-state index < -0.39 is 37.0 Å². The molecular formula is C28H47N3O3. The monoisotopic (exact) mass is 476 g/mol. The molecule has 0 aliphatic heterocycles. The molecule has 34 heavy (non-hydrogen) atoms. The van der Waals surface area contributed by atoms with Crippen molar-refractivity contribution in [2.45, 2.75) is 97.5 Å². The highest BCUT2D eigenvalue weighted by Crippen LogP contribution is 2.07. The minimum absolute atomic E-state index is 0.125. The Hall–Kier alpha value is -2.63. The molecule has 0 saturated heterocycles. The Morgan fingerprint density at radius 2 is 1.44 bits per heavy atom. The summed E-state index contributed by atoms with van der Waals surface area (Å²) in [6.45, 7) is 3.87. The third kappa shape index (κ3) is 21.2. The predicted octanol–water partition coefficient (Wildman–Crippen LogP) is 6.25. The zero-order valence-electron chi connectivity index (χ0n) is 24.6. The summed E-state index contributed by atoms with van der Waals surface area (Å²) in [7, 11) is 0. The Bertz CT molecular complexity index is 808. The summed E-state index contributed by atoms with van der Waals surface area (Å²) in [6.07, 6.45) is 26.2. The zero-order valence-corrected chi connectivity index (χ0v) is 21.6. The standard InChI is InChI=1S/C28H47N3O3/c1-6-7-8-9-10-11-12-13-14-15-16-17-18-19-20-21-22-23-25(32)30-27(29)31(5)24-26(33)34-28(2,3)4/h10-11,13-14,16-17,19-20H,6-9,12,15,18,21-24H2,1-5H3,(H2,29,30,32)/b11-10-,14-13-,17-16-,20-19-/i5D3.